The van der Waals surface area contributed by atoms with Crippen LogP contribution in [0.1, 0.15) is 290 Å². The van der Waals surface area contributed by atoms with Crippen LogP contribution in [0.25, 0.3) is 0 Å². The smallest absolute Gasteiger partial charge is 0.463 e. The molecule has 0 bridgehead atoms. The van der Waals surface area contributed by atoms with Gasteiger partial charge in [-0.2, -0.15) is 0 Å². The monoisotopic (exact) mass is 1480 g/mol. The van der Waals surface area contributed by atoms with Gasteiger partial charge in [0.1, 0.15) is 25.4 Å². The van der Waals surface area contributed by atoms with Gasteiger partial charge in [0.25, 0.3) is 0 Å². The Bertz CT molecular complexity index is 2550. The van der Waals surface area contributed by atoms with Crippen LogP contribution in [0.3, 0.4) is 0 Å². The van der Waals surface area contributed by atoms with E-state index in [1.54, 1.807) is 0 Å². The van der Waals surface area contributed by atoms with E-state index in [0.29, 0.717) is 19.3 Å². The van der Waals surface area contributed by atoms with Crippen molar-refractivity contribution >= 4 is 33.6 Å². The van der Waals surface area contributed by atoms with Crippen LogP contribution in [0.15, 0.2) is 170 Å². The number of rotatable bonds is 73. The van der Waals surface area contributed by atoms with E-state index in [9.17, 15) is 43.5 Å². The number of ether oxygens (including phenoxy) is 3. The average Bonchev–Trinajstić information content (AvgIpc) is 0.914. The van der Waals surface area contributed by atoms with E-state index in [0.717, 1.165) is 205 Å². The number of hydrogen-bond acceptors (Lipinski definition) is 14. The molecule has 0 fully saturated rings. The summed E-state index contributed by atoms with van der Waals surface area (Å²) in [6, 6.07) is 0. The van der Waals surface area contributed by atoms with Crippen molar-refractivity contribution in [1.82, 2.24) is 0 Å². The van der Waals surface area contributed by atoms with E-state index in [1.807, 2.05) is 0 Å². The minimum Gasteiger partial charge on any atom is -0.463 e. The van der Waals surface area contributed by atoms with Crippen molar-refractivity contribution in [2.75, 3.05) is 39.6 Å². The Labute approximate surface area is 624 Å². The van der Waals surface area contributed by atoms with Gasteiger partial charge in [0.15, 0.2) is 6.10 Å². The topological polar surface area (TPSA) is 231 Å². The molecule has 16 nitrogen and oxygen atoms in total. The maximum atomic E-state index is 13.0. The zero-order valence-corrected chi connectivity index (χ0v) is 65.7. The lowest BCUT2D eigenvalue weighted by molar-refractivity contribution is -0.161. The first-order valence-corrected chi connectivity index (χ1v) is 42.4. The standard InChI is InChI=1S/C85H140O16P2/c1-4-7-10-13-16-19-22-25-28-31-33-35-37-39-41-43-45-48-50-53-56-59-62-65-68-71-83(88)95-74-80(86)75-97-102(91,92)98-76-81(87)77-99-103(93,94)100-79-82(101-85(90)73-70-67-64-61-58-55-52-47-30-27-24-21-18-15-12-9-6-3)78-96-84(89)72-69-66-63-60-57-54-51-49-46-44-42-40-38-36-34-32-29-26-23-20-17-14-11-8-5-2/h7-12,16-21,25-30,33-36,39-42,45,48,80-82,86-87H,4-6,13-15,22-24,31-32,37-38,43-44,46-47,49-79H2,1-3H3,(H,91,92)(H,93,94)/b10-7-,11-8-,12-9-,19-16-,20-17-,21-18-,28-25-,29-26-,30-27-,35-33-,36-34-,41-39-,42-40-,48-45-. The fraction of sp³-hybridized carbons (Fsp3) is 0.635. The van der Waals surface area contributed by atoms with Crippen LogP contribution in [0.2, 0.25) is 0 Å². The molecule has 0 aromatic carbocycles. The maximum absolute atomic E-state index is 13.0. The Kier molecular flexibility index (Phi) is 72.8. The summed E-state index contributed by atoms with van der Waals surface area (Å²) in [4.78, 5) is 58.7. The van der Waals surface area contributed by atoms with Crippen molar-refractivity contribution in [1.29, 1.82) is 0 Å². The summed E-state index contributed by atoms with van der Waals surface area (Å²) in [7, 11) is -9.81. The fourth-order valence-electron chi connectivity index (χ4n) is 10.0. The zero-order valence-electron chi connectivity index (χ0n) is 63.9. The molecular weight excluding hydrogens is 1340 g/mol. The molecule has 0 radical (unpaired) electrons. The average molecular weight is 1480 g/mol. The van der Waals surface area contributed by atoms with Gasteiger partial charge in [0, 0.05) is 19.3 Å². The van der Waals surface area contributed by atoms with Gasteiger partial charge in [-0.05, 0) is 148 Å². The highest BCUT2D eigenvalue weighted by Gasteiger charge is 2.29. The summed E-state index contributed by atoms with van der Waals surface area (Å²) in [6.45, 7) is 2.30. The lowest BCUT2D eigenvalue weighted by Crippen LogP contribution is -2.30. The normalized spacial score (nSPS) is 14.9. The summed E-state index contributed by atoms with van der Waals surface area (Å²) in [5.41, 5.74) is 0. The molecule has 0 aromatic heterocycles. The summed E-state index contributed by atoms with van der Waals surface area (Å²) in [5, 5.41) is 20.6. The van der Waals surface area contributed by atoms with Gasteiger partial charge in [-0.1, -0.05) is 294 Å². The molecule has 0 saturated carbocycles. The molecule has 0 amide bonds. The third-order valence-corrected chi connectivity index (χ3v) is 17.8. The molecule has 586 valence electrons. The summed E-state index contributed by atoms with van der Waals surface area (Å²) in [5.74, 6) is -1.61. The molecular formula is C85H140O16P2. The molecule has 4 N–H and O–H groups in total. The summed E-state index contributed by atoms with van der Waals surface area (Å²) in [6.07, 6.45) is 96.7. The number of hydrogen-bond donors (Lipinski definition) is 4. The second-order valence-corrected chi connectivity index (χ2v) is 28.6. The third-order valence-electron chi connectivity index (χ3n) is 15.9. The molecule has 0 saturated heterocycles. The second kappa shape index (κ2) is 76.6. The van der Waals surface area contributed by atoms with Gasteiger partial charge in [-0.3, -0.25) is 32.5 Å². The number of allylic oxidation sites excluding steroid dienone is 28. The van der Waals surface area contributed by atoms with Gasteiger partial charge < -0.3 is 34.2 Å². The van der Waals surface area contributed by atoms with E-state index >= 15 is 0 Å². The lowest BCUT2D eigenvalue weighted by Gasteiger charge is -2.21. The highest BCUT2D eigenvalue weighted by molar-refractivity contribution is 7.47. The van der Waals surface area contributed by atoms with Crippen molar-refractivity contribution in [3.63, 3.8) is 0 Å². The Hall–Kier alpha value is -5.09. The second-order valence-electron chi connectivity index (χ2n) is 25.7. The molecule has 0 heterocycles. The first kappa shape index (κ1) is 97.9. The highest BCUT2D eigenvalue weighted by Crippen LogP contribution is 2.45. The van der Waals surface area contributed by atoms with Crippen LogP contribution < -0.4 is 0 Å². The molecule has 5 atom stereocenters. The van der Waals surface area contributed by atoms with Crippen molar-refractivity contribution in [2.24, 2.45) is 0 Å². The molecule has 0 aliphatic carbocycles. The van der Waals surface area contributed by atoms with Crippen molar-refractivity contribution < 1.29 is 75.8 Å². The number of carbonyl (C=O) groups excluding carboxylic acids is 3. The first-order chi connectivity index (χ1) is 50.2. The quantitative estimate of drug-likeness (QED) is 0.0146. The van der Waals surface area contributed by atoms with E-state index < -0.39 is 91.5 Å². The van der Waals surface area contributed by atoms with E-state index in [-0.39, 0.29) is 19.3 Å². The Balaban J connectivity index is 4.67. The molecule has 18 heteroatoms. The minimum atomic E-state index is -4.94. The lowest BCUT2D eigenvalue weighted by atomic mass is 10.1. The molecule has 5 unspecified atom stereocenters. The molecule has 0 aromatic rings. The predicted molar refractivity (Wildman–Crippen MR) is 426 cm³/mol. The Morgan fingerprint density at radius 3 is 0.767 bits per heavy atom. The molecule has 0 spiro atoms. The molecule has 0 rings (SSSR count). The molecule has 0 aliphatic heterocycles. The number of phosphoric acid groups is 2. The largest absolute Gasteiger partial charge is 0.472 e. The van der Waals surface area contributed by atoms with Crippen LogP contribution in [0.5, 0.6) is 0 Å². The summed E-state index contributed by atoms with van der Waals surface area (Å²) < 4.78 is 61.2. The number of aliphatic hydroxyl groups excluding tert-OH is 2. The van der Waals surface area contributed by atoms with Crippen molar-refractivity contribution in [3.8, 4) is 0 Å². The van der Waals surface area contributed by atoms with Crippen LogP contribution in [0.4, 0.5) is 0 Å². The van der Waals surface area contributed by atoms with Gasteiger partial charge in [0.05, 0.1) is 26.4 Å². The third kappa shape index (κ3) is 77.8. The Morgan fingerprint density at radius 1 is 0.272 bits per heavy atom. The number of esters is 3. The summed E-state index contributed by atoms with van der Waals surface area (Å²) >= 11 is 0. The number of carbonyl (C=O) groups is 3. The van der Waals surface area contributed by atoms with Crippen molar-refractivity contribution in [3.05, 3.63) is 170 Å². The Morgan fingerprint density at radius 2 is 0.485 bits per heavy atom. The van der Waals surface area contributed by atoms with Gasteiger partial charge in [-0.15, -0.1) is 0 Å². The number of aliphatic hydroxyl groups is 2. The maximum Gasteiger partial charge on any atom is 0.472 e. The fourth-order valence-corrected chi connectivity index (χ4v) is 11.6. The van der Waals surface area contributed by atoms with E-state index in [2.05, 4.69) is 191 Å². The number of unbranched alkanes of at least 4 members (excludes halogenated alkanes) is 22. The van der Waals surface area contributed by atoms with Gasteiger partial charge in [0.2, 0.25) is 0 Å². The van der Waals surface area contributed by atoms with Crippen LogP contribution >= 0.6 is 15.6 Å². The highest BCUT2D eigenvalue weighted by atomic mass is 31.2. The predicted octanol–water partition coefficient (Wildman–Crippen LogP) is 23.2. The SMILES string of the molecule is CC/C=C\C/C=C\C/C=C\C/C=C\C/C=C\C/C=C\CCCCCCCCC(=O)OCC(O)COP(=O)(O)OCC(O)COP(=O)(O)OCC(COC(=O)CCCCCCCCCCC/C=C\C/C=C\C/C=C\C/C=C\C/C=C\CC)OC(=O)CCCCCCCCC/C=C\C/C=C\C/C=C\CC. The number of phosphoric ester groups is 2. The van der Waals surface area contributed by atoms with Crippen LogP contribution in [-0.2, 0) is 55.8 Å². The zero-order chi connectivity index (χ0) is 75.2. The van der Waals surface area contributed by atoms with Crippen molar-refractivity contribution in [2.45, 2.75) is 309 Å². The minimum absolute atomic E-state index is 0.0861. The van der Waals surface area contributed by atoms with E-state index in [1.165, 1.54) is 25.7 Å². The van der Waals surface area contributed by atoms with Gasteiger partial charge >= 0.3 is 33.6 Å². The van der Waals surface area contributed by atoms with Gasteiger partial charge in [-0.25, -0.2) is 9.13 Å². The van der Waals surface area contributed by atoms with E-state index in [4.69, 9.17) is 32.3 Å². The van der Waals surface area contributed by atoms with Crippen LogP contribution in [-0.4, -0.2) is 95.9 Å². The first-order valence-electron chi connectivity index (χ1n) is 39.4. The van der Waals surface area contributed by atoms with Crippen LogP contribution in [0, 0.1) is 0 Å². The molecule has 103 heavy (non-hydrogen) atoms. The molecule has 0 aliphatic rings.